The van der Waals surface area contributed by atoms with E-state index >= 15 is 0 Å². The highest BCUT2D eigenvalue weighted by Crippen LogP contribution is 2.18. The number of nitrogens with zero attached hydrogens (tertiary/aromatic N) is 1. The lowest BCUT2D eigenvalue weighted by Gasteiger charge is -2.07. The Morgan fingerprint density at radius 2 is 1.74 bits per heavy atom. The zero-order valence-electron chi connectivity index (χ0n) is 15.6. The lowest BCUT2D eigenvalue weighted by atomic mass is 10.2. The van der Waals surface area contributed by atoms with Gasteiger partial charge in [0.2, 0.25) is 5.91 Å². The molecule has 0 aliphatic rings. The molecule has 27 heavy (non-hydrogen) atoms. The number of rotatable bonds is 8. The van der Waals surface area contributed by atoms with Crippen molar-refractivity contribution in [3.05, 3.63) is 54.1 Å². The van der Waals surface area contributed by atoms with E-state index in [4.69, 9.17) is 9.47 Å². The van der Waals surface area contributed by atoms with Crippen LogP contribution in [0.5, 0.6) is 11.5 Å². The molecule has 0 atom stereocenters. The molecule has 0 saturated heterocycles. The Morgan fingerprint density at radius 1 is 1.04 bits per heavy atom. The van der Waals surface area contributed by atoms with Crippen LogP contribution in [0.2, 0.25) is 0 Å². The van der Waals surface area contributed by atoms with E-state index in [1.807, 2.05) is 31.2 Å². The average Bonchev–Trinajstić information content (AvgIpc) is 2.66. The Kier molecular flexibility index (Phi) is 7.37. The van der Waals surface area contributed by atoms with Crippen LogP contribution in [-0.2, 0) is 9.59 Å². The van der Waals surface area contributed by atoms with E-state index in [9.17, 15) is 9.59 Å². The van der Waals surface area contributed by atoms with Gasteiger partial charge in [0.1, 0.15) is 11.5 Å². The van der Waals surface area contributed by atoms with Gasteiger partial charge in [0.05, 0.1) is 13.5 Å². The van der Waals surface area contributed by atoms with Crippen LogP contribution in [-0.4, -0.2) is 31.2 Å². The molecular formula is C20H23N3O4. The number of nitrogens with one attached hydrogen (secondary N) is 2. The van der Waals surface area contributed by atoms with Crippen LogP contribution >= 0.6 is 0 Å². The van der Waals surface area contributed by atoms with Gasteiger partial charge < -0.3 is 14.8 Å². The van der Waals surface area contributed by atoms with Crippen molar-refractivity contribution in [1.29, 1.82) is 0 Å². The highest BCUT2D eigenvalue weighted by Gasteiger charge is 2.06. The zero-order valence-corrected chi connectivity index (χ0v) is 15.6. The first-order chi connectivity index (χ1) is 13.0. The maximum atomic E-state index is 12.0. The summed E-state index contributed by atoms with van der Waals surface area (Å²) in [6.45, 7) is 3.44. The van der Waals surface area contributed by atoms with Gasteiger partial charge in [0.15, 0.2) is 6.61 Å². The number of aryl methyl sites for hydroxylation is 1. The molecule has 2 aromatic rings. The molecule has 0 heterocycles. The fourth-order valence-electron chi connectivity index (χ4n) is 2.14. The van der Waals surface area contributed by atoms with Gasteiger partial charge >= 0.3 is 0 Å². The van der Waals surface area contributed by atoms with Crippen LogP contribution in [0.4, 0.5) is 5.69 Å². The van der Waals surface area contributed by atoms with Gasteiger partial charge in [0.25, 0.3) is 5.91 Å². The summed E-state index contributed by atoms with van der Waals surface area (Å²) in [5.41, 5.74) is 4.68. The Labute approximate surface area is 158 Å². The SMILES string of the molecule is COc1cccc(OCC(=O)NN=C(C)CC(=O)Nc2ccc(C)cc2)c1. The van der Waals surface area contributed by atoms with Crippen molar-refractivity contribution < 1.29 is 19.1 Å². The van der Waals surface area contributed by atoms with Crippen molar-refractivity contribution in [1.82, 2.24) is 5.43 Å². The summed E-state index contributed by atoms with van der Waals surface area (Å²) in [5, 5.41) is 6.69. The van der Waals surface area contributed by atoms with Gasteiger partial charge in [-0.25, -0.2) is 5.43 Å². The first-order valence-corrected chi connectivity index (χ1v) is 8.41. The van der Waals surface area contributed by atoms with E-state index < -0.39 is 5.91 Å². The predicted molar refractivity (Wildman–Crippen MR) is 104 cm³/mol. The number of carbonyl (C=O) groups excluding carboxylic acids is 2. The van der Waals surface area contributed by atoms with Crippen LogP contribution in [0.25, 0.3) is 0 Å². The average molecular weight is 369 g/mol. The van der Waals surface area contributed by atoms with Crippen LogP contribution < -0.4 is 20.2 Å². The minimum Gasteiger partial charge on any atom is -0.497 e. The second-order valence-electron chi connectivity index (χ2n) is 5.94. The number of ether oxygens (including phenoxy) is 2. The first-order valence-electron chi connectivity index (χ1n) is 8.41. The number of hydrogen-bond donors (Lipinski definition) is 2. The molecule has 0 aromatic heterocycles. The molecule has 0 radical (unpaired) electrons. The van der Waals surface area contributed by atoms with E-state index in [1.54, 1.807) is 38.3 Å². The topological polar surface area (TPSA) is 89.0 Å². The maximum Gasteiger partial charge on any atom is 0.277 e. The van der Waals surface area contributed by atoms with E-state index in [2.05, 4.69) is 15.8 Å². The van der Waals surface area contributed by atoms with E-state index in [0.29, 0.717) is 22.9 Å². The Bertz CT molecular complexity index is 816. The first kappa shape index (κ1) is 20.0. The molecule has 0 aliphatic heterocycles. The van der Waals surface area contributed by atoms with Crippen LogP contribution in [0.15, 0.2) is 53.6 Å². The Hall–Kier alpha value is -3.35. The van der Waals surface area contributed by atoms with Gasteiger partial charge in [-0.3, -0.25) is 9.59 Å². The standard InChI is InChI=1S/C20H23N3O4/c1-14-7-9-16(10-8-14)21-19(24)11-15(2)22-23-20(25)13-27-18-6-4-5-17(12-18)26-3/h4-10,12H,11,13H2,1-3H3,(H,21,24)(H,23,25). The minimum atomic E-state index is -0.420. The van der Waals surface area contributed by atoms with Crippen molar-refractivity contribution in [2.75, 3.05) is 19.0 Å². The molecule has 0 aliphatic carbocycles. The number of hydrazone groups is 1. The molecule has 7 heteroatoms. The molecule has 2 amide bonds. The monoisotopic (exact) mass is 369 g/mol. The van der Waals surface area contributed by atoms with Gasteiger partial charge in [-0.15, -0.1) is 0 Å². The fraction of sp³-hybridized carbons (Fsp3) is 0.250. The number of anilines is 1. The minimum absolute atomic E-state index is 0.0743. The van der Waals surface area contributed by atoms with Crippen molar-refractivity contribution in [2.24, 2.45) is 5.10 Å². The quantitative estimate of drug-likeness (QED) is 0.553. The summed E-state index contributed by atoms with van der Waals surface area (Å²) in [6.07, 6.45) is 0.0743. The lowest BCUT2D eigenvalue weighted by Crippen LogP contribution is -2.26. The van der Waals surface area contributed by atoms with Crippen LogP contribution in [0.3, 0.4) is 0 Å². The molecule has 2 N–H and O–H groups in total. The van der Waals surface area contributed by atoms with E-state index in [1.165, 1.54) is 0 Å². The number of methoxy groups -OCH3 is 1. The van der Waals surface area contributed by atoms with Gasteiger partial charge in [-0.1, -0.05) is 23.8 Å². The Morgan fingerprint density at radius 3 is 2.44 bits per heavy atom. The van der Waals surface area contributed by atoms with Gasteiger partial charge in [-0.2, -0.15) is 5.10 Å². The summed E-state index contributed by atoms with van der Waals surface area (Å²) in [5.74, 6) is 0.530. The summed E-state index contributed by atoms with van der Waals surface area (Å²) in [4.78, 5) is 23.8. The van der Waals surface area contributed by atoms with Crippen molar-refractivity contribution in [2.45, 2.75) is 20.3 Å². The number of hydrogen-bond acceptors (Lipinski definition) is 5. The molecule has 0 unspecified atom stereocenters. The van der Waals surface area contributed by atoms with Crippen LogP contribution in [0.1, 0.15) is 18.9 Å². The molecule has 2 aromatic carbocycles. The molecule has 7 nitrogen and oxygen atoms in total. The summed E-state index contributed by atoms with van der Waals surface area (Å²) in [7, 11) is 1.55. The molecule has 2 rings (SSSR count). The molecule has 0 bridgehead atoms. The van der Waals surface area contributed by atoms with Crippen molar-refractivity contribution in [3.63, 3.8) is 0 Å². The summed E-state index contributed by atoms with van der Waals surface area (Å²) < 4.78 is 10.5. The van der Waals surface area contributed by atoms with Gasteiger partial charge in [-0.05, 0) is 38.1 Å². The maximum absolute atomic E-state index is 12.0. The number of amides is 2. The fourth-order valence-corrected chi connectivity index (χ4v) is 2.14. The van der Waals surface area contributed by atoms with Gasteiger partial charge in [0, 0.05) is 17.5 Å². The molecule has 0 spiro atoms. The number of carbonyl (C=O) groups is 2. The summed E-state index contributed by atoms with van der Waals surface area (Å²) >= 11 is 0. The number of benzene rings is 2. The van der Waals surface area contributed by atoms with E-state index in [-0.39, 0.29) is 18.9 Å². The zero-order chi connectivity index (χ0) is 19.6. The predicted octanol–water partition coefficient (Wildman–Crippen LogP) is 2.90. The molecule has 0 saturated carbocycles. The molecule has 142 valence electrons. The van der Waals surface area contributed by atoms with Crippen LogP contribution in [0, 0.1) is 6.92 Å². The smallest absolute Gasteiger partial charge is 0.277 e. The second kappa shape index (κ2) is 9.96. The highest BCUT2D eigenvalue weighted by atomic mass is 16.5. The highest BCUT2D eigenvalue weighted by molar-refractivity contribution is 6.05. The van der Waals surface area contributed by atoms with E-state index in [0.717, 1.165) is 5.56 Å². The normalized spacial score (nSPS) is 10.9. The molecule has 0 fully saturated rings. The lowest BCUT2D eigenvalue weighted by molar-refractivity contribution is -0.123. The largest absolute Gasteiger partial charge is 0.497 e. The Balaban J connectivity index is 1.75. The van der Waals surface area contributed by atoms with Crippen molar-refractivity contribution in [3.8, 4) is 11.5 Å². The molecular weight excluding hydrogens is 346 g/mol. The third-order valence-corrected chi connectivity index (χ3v) is 3.53. The second-order valence-corrected chi connectivity index (χ2v) is 5.94. The third kappa shape index (κ3) is 7.19. The third-order valence-electron chi connectivity index (χ3n) is 3.53. The summed E-state index contributed by atoms with van der Waals surface area (Å²) in [6, 6.07) is 14.4. The van der Waals surface area contributed by atoms with Crippen molar-refractivity contribution >= 4 is 23.2 Å².